The third kappa shape index (κ3) is 5.74. The van der Waals surface area contributed by atoms with Crippen molar-refractivity contribution in [3.05, 3.63) is 40.7 Å². The molecule has 1 amide bonds. The normalized spacial score (nSPS) is 12.1. The maximum Gasteiger partial charge on any atom is 0.249 e. The molecule has 0 spiro atoms. The maximum atomic E-state index is 12.0. The van der Waals surface area contributed by atoms with E-state index in [1.165, 1.54) is 11.3 Å². The van der Waals surface area contributed by atoms with Gasteiger partial charge in [-0.15, -0.1) is 11.3 Å². The molecule has 0 unspecified atom stereocenters. The van der Waals surface area contributed by atoms with Crippen molar-refractivity contribution in [1.82, 2.24) is 10.3 Å². The van der Waals surface area contributed by atoms with Crippen molar-refractivity contribution >= 4 is 17.2 Å². The summed E-state index contributed by atoms with van der Waals surface area (Å²) in [6.07, 6.45) is -0.496. The van der Waals surface area contributed by atoms with Crippen LogP contribution in [-0.4, -0.2) is 36.8 Å². The highest BCUT2D eigenvalue weighted by molar-refractivity contribution is 7.09. The third-order valence-electron chi connectivity index (χ3n) is 3.20. The predicted octanol–water partition coefficient (Wildman–Crippen LogP) is 2.87. The van der Waals surface area contributed by atoms with Crippen molar-refractivity contribution in [1.29, 1.82) is 0 Å². The van der Waals surface area contributed by atoms with Gasteiger partial charge < -0.3 is 14.8 Å². The summed E-state index contributed by atoms with van der Waals surface area (Å²) in [6.45, 7) is 5.64. The van der Waals surface area contributed by atoms with Crippen molar-refractivity contribution in [3.63, 3.8) is 0 Å². The molecule has 0 aliphatic carbocycles. The molecule has 1 heterocycles. The first-order chi connectivity index (χ1) is 11.2. The summed E-state index contributed by atoms with van der Waals surface area (Å²) in [5.74, 6) is -0.141. The fourth-order valence-electron chi connectivity index (χ4n) is 1.94. The Balaban J connectivity index is 1.77. The number of hydrogen-bond donors (Lipinski definition) is 1. The number of nitrogens with zero attached hydrogens (tertiary/aromatic N) is 1. The van der Waals surface area contributed by atoms with Gasteiger partial charge in [0, 0.05) is 17.6 Å². The molecule has 124 valence electrons. The molecule has 0 bridgehead atoms. The Hall–Kier alpha value is -1.76. The number of benzene rings is 1. The number of ether oxygens (including phenoxy) is 2. The van der Waals surface area contributed by atoms with Gasteiger partial charge in [0.05, 0.1) is 25.5 Å². The van der Waals surface area contributed by atoms with Crippen molar-refractivity contribution in [2.45, 2.75) is 26.5 Å². The number of amides is 1. The number of thiazole rings is 1. The minimum absolute atomic E-state index is 0.141. The van der Waals surface area contributed by atoms with Gasteiger partial charge in [0.1, 0.15) is 11.1 Å². The summed E-state index contributed by atoms with van der Waals surface area (Å²) in [7, 11) is 0. The van der Waals surface area contributed by atoms with Crippen molar-refractivity contribution < 1.29 is 14.3 Å². The second-order valence-corrected chi connectivity index (χ2v) is 5.86. The quantitative estimate of drug-likeness (QED) is 0.716. The highest BCUT2D eigenvalue weighted by Crippen LogP contribution is 2.21. The van der Waals surface area contributed by atoms with E-state index in [-0.39, 0.29) is 5.91 Å². The topological polar surface area (TPSA) is 60.5 Å². The largest absolute Gasteiger partial charge is 0.379 e. The van der Waals surface area contributed by atoms with Gasteiger partial charge in [-0.05, 0) is 13.8 Å². The summed E-state index contributed by atoms with van der Waals surface area (Å²) >= 11 is 1.54. The fraction of sp³-hybridized carbons (Fsp3) is 0.412. The lowest BCUT2D eigenvalue weighted by Crippen LogP contribution is -2.34. The van der Waals surface area contributed by atoms with Gasteiger partial charge >= 0.3 is 0 Å². The van der Waals surface area contributed by atoms with Crippen LogP contribution in [0.5, 0.6) is 0 Å². The fourth-order valence-corrected chi connectivity index (χ4v) is 2.69. The molecule has 1 aromatic heterocycles. The zero-order valence-electron chi connectivity index (χ0n) is 13.5. The van der Waals surface area contributed by atoms with E-state index in [0.717, 1.165) is 16.3 Å². The van der Waals surface area contributed by atoms with Gasteiger partial charge in [0.15, 0.2) is 0 Å². The average Bonchev–Trinajstić information content (AvgIpc) is 3.06. The first-order valence-corrected chi connectivity index (χ1v) is 8.55. The third-order valence-corrected chi connectivity index (χ3v) is 4.05. The smallest absolute Gasteiger partial charge is 0.249 e. The van der Waals surface area contributed by atoms with Crippen LogP contribution in [0.3, 0.4) is 0 Å². The number of carbonyl (C=O) groups is 1. The van der Waals surface area contributed by atoms with E-state index in [9.17, 15) is 4.79 Å². The van der Waals surface area contributed by atoms with E-state index in [1.807, 2.05) is 42.6 Å². The molecule has 1 atom stereocenters. The summed E-state index contributed by atoms with van der Waals surface area (Å²) in [5.41, 5.74) is 2.01. The van der Waals surface area contributed by atoms with E-state index in [0.29, 0.717) is 26.4 Å². The van der Waals surface area contributed by atoms with Crippen molar-refractivity contribution in [2.24, 2.45) is 0 Å². The van der Waals surface area contributed by atoms with Crippen LogP contribution >= 0.6 is 11.3 Å². The molecular formula is C17H22N2O3S. The predicted molar refractivity (Wildman–Crippen MR) is 91.3 cm³/mol. The monoisotopic (exact) mass is 334 g/mol. The van der Waals surface area contributed by atoms with E-state index in [2.05, 4.69) is 10.3 Å². The number of hydrogen-bond acceptors (Lipinski definition) is 5. The Labute approximate surface area is 140 Å². The van der Waals surface area contributed by atoms with Crippen LogP contribution in [0.1, 0.15) is 18.9 Å². The molecule has 0 radical (unpaired) electrons. The first kappa shape index (κ1) is 17.6. The van der Waals surface area contributed by atoms with Crippen LogP contribution in [0.4, 0.5) is 0 Å². The molecular weight excluding hydrogens is 312 g/mol. The van der Waals surface area contributed by atoms with Gasteiger partial charge in [0.2, 0.25) is 5.91 Å². The molecule has 2 rings (SSSR count). The van der Waals surface area contributed by atoms with E-state index in [1.54, 1.807) is 6.92 Å². The zero-order valence-corrected chi connectivity index (χ0v) is 14.3. The second-order valence-electron chi connectivity index (χ2n) is 4.92. The highest BCUT2D eigenvalue weighted by atomic mass is 32.1. The molecule has 0 saturated carbocycles. The van der Waals surface area contributed by atoms with Gasteiger partial charge in [-0.3, -0.25) is 4.79 Å². The molecule has 23 heavy (non-hydrogen) atoms. The maximum absolute atomic E-state index is 12.0. The Kier molecular flexibility index (Phi) is 7.19. The van der Waals surface area contributed by atoms with Gasteiger partial charge in [-0.25, -0.2) is 4.98 Å². The standard InChI is InChI=1S/C17H22N2O3S/c1-3-21-9-10-22-13(2)17(20)18-11-16-19-15(12-23-16)14-7-5-4-6-8-14/h4-8,12-13H,3,9-11H2,1-2H3,(H,18,20)/t13-/m1/s1. The molecule has 2 aromatic rings. The number of nitrogens with one attached hydrogen (secondary N) is 1. The summed E-state index contributed by atoms with van der Waals surface area (Å²) in [5, 5.41) is 5.72. The van der Waals surface area contributed by atoms with Crippen LogP contribution < -0.4 is 5.32 Å². The molecule has 6 heteroatoms. The minimum Gasteiger partial charge on any atom is -0.379 e. The lowest BCUT2D eigenvalue weighted by atomic mass is 10.2. The molecule has 0 fully saturated rings. The van der Waals surface area contributed by atoms with E-state index < -0.39 is 6.10 Å². The molecule has 0 aliphatic heterocycles. The van der Waals surface area contributed by atoms with Crippen LogP contribution in [-0.2, 0) is 20.8 Å². The SMILES string of the molecule is CCOCCO[C@H](C)C(=O)NCc1nc(-c2ccccc2)cs1. The molecule has 1 N–H and O–H groups in total. The highest BCUT2D eigenvalue weighted by Gasteiger charge is 2.13. The minimum atomic E-state index is -0.496. The average molecular weight is 334 g/mol. The van der Waals surface area contributed by atoms with Crippen LogP contribution in [0.25, 0.3) is 11.3 Å². The van der Waals surface area contributed by atoms with Crippen molar-refractivity contribution in [2.75, 3.05) is 19.8 Å². The summed E-state index contributed by atoms with van der Waals surface area (Å²) < 4.78 is 10.6. The second kappa shape index (κ2) is 9.39. The molecule has 5 nitrogen and oxygen atoms in total. The van der Waals surface area contributed by atoms with Crippen LogP contribution in [0.15, 0.2) is 35.7 Å². The summed E-state index contributed by atoms with van der Waals surface area (Å²) in [6, 6.07) is 9.98. The summed E-state index contributed by atoms with van der Waals surface area (Å²) in [4.78, 5) is 16.5. The molecule has 0 saturated heterocycles. The van der Waals surface area contributed by atoms with E-state index >= 15 is 0 Å². The van der Waals surface area contributed by atoms with Crippen molar-refractivity contribution in [3.8, 4) is 11.3 Å². The Morgan fingerprint density at radius 3 is 2.83 bits per heavy atom. The molecule has 1 aromatic carbocycles. The lowest BCUT2D eigenvalue weighted by Gasteiger charge is -2.12. The van der Waals surface area contributed by atoms with Crippen LogP contribution in [0.2, 0.25) is 0 Å². The van der Waals surface area contributed by atoms with Gasteiger partial charge in [0.25, 0.3) is 0 Å². The van der Waals surface area contributed by atoms with Gasteiger partial charge in [-0.1, -0.05) is 30.3 Å². The first-order valence-electron chi connectivity index (χ1n) is 7.67. The zero-order chi connectivity index (χ0) is 16.5. The number of aromatic nitrogens is 1. The number of rotatable bonds is 9. The Morgan fingerprint density at radius 1 is 1.30 bits per heavy atom. The lowest BCUT2D eigenvalue weighted by molar-refractivity contribution is -0.132. The molecule has 0 aliphatic rings. The Morgan fingerprint density at radius 2 is 2.09 bits per heavy atom. The van der Waals surface area contributed by atoms with Gasteiger partial charge in [-0.2, -0.15) is 0 Å². The van der Waals surface area contributed by atoms with E-state index in [4.69, 9.17) is 9.47 Å². The Bertz CT molecular complexity index is 601. The van der Waals surface area contributed by atoms with Crippen LogP contribution in [0, 0.1) is 0 Å². The number of carbonyl (C=O) groups excluding carboxylic acids is 1.